The Bertz CT molecular complexity index is 562. The number of hydrogen-bond donors (Lipinski definition) is 1. The molecular weight excluding hydrogens is 296 g/mol. The van der Waals surface area contributed by atoms with Gasteiger partial charge in [0, 0.05) is 5.02 Å². The fourth-order valence-corrected chi connectivity index (χ4v) is 2.49. The molecule has 2 rings (SSSR count). The van der Waals surface area contributed by atoms with Gasteiger partial charge in [-0.2, -0.15) is 0 Å². The van der Waals surface area contributed by atoms with Crippen molar-refractivity contribution in [2.45, 2.75) is 19.9 Å². The van der Waals surface area contributed by atoms with E-state index in [1.165, 1.54) is 6.07 Å². The maximum Gasteiger partial charge on any atom is 0.141 e. The first-order valence-electron chi connectivity index (χ1n) is 6.47. The molecule has 1 unspecified atom stereocenters. The van der Waals surface area contributed by atoms with Crippen LogP contribution in [0, 0.1) is 12.7 Å². The zero-order valence-electron chi connectivity index (χ0n) is 11.4. The summed E-state index contributed by atoms with van der Waals surface area (Å²) in [5, 5.41) is 4.22. The van der Waals surface area contributed by atoms with Gasteiger partial charge >= 0.3 is 0 Å². The van der Waals surface area contributed by atoms with Gasteiger partial charge in [-0.15, -0.1) is 0 Å². The van der Waals surface area contributed by atoms with Crippen LogP contribution in [0.3, 0.4) is 0 Å². The Kier molecular flexibility index (Phi) is 5.03. The van der Waals surface area contributed by atoms with E-state index in [0.29, 0.717) is 0 Å². The number of benzene rings is 2. The lowest BCUT2D eigenvalue weighted by Crippen LogP contribution is -2.22. The van der Waals surface area contributed by atoms with Crippen LogP contribution < -0.4 is 5.32 Å². The van der Waals surface area contributed by atoms with Crippen molar-refractivity contribution >= 4 is 23.2 Å². The topological polar surface area (TPSA) is 12.0 Å². The van der Waals surface area contributed by atoms with E-state index in [-0.39, 0.29) is 11.1 Å². The van der Waals surface area contributed by atoms with Crippen LogP contribution in [0.4, 0.5) is 4.39 Å². The molecule has 0 bridgehead atoms. The number of halogens is 3. The molecule has 0 radical (unpaired) electrons. The molecule has 1 nitrogen and oxygen atoms in total. The predicted molar refractivity (Wildman–Crippen MR) is 83.1 cm³/mol. The molecule has 1 N–H and O–H groups in total. The van der Waals surface area contributed by atoms with Crippen LogP contribution in [0.5, 0.6) is 0 Å². The third kappa shape index (κ3) is 3.32. The van der Waals surface area contributed by atoms with Gasteiger partial charge < -0.3 is 5.32 Å². The van der Waals surface area contributed by atoms with E-state index in [2.05, 4.69) is 5.32 Å². The van der Waals surface area contributed by atoms with E-state index in [1.54, 1.807) is 12.1 Å². The van der Waals surface area contributed by atoms with Crippen molar-refractivity contribution in [1.82, 2.24) is 5.32 Å². The van der Waals surface area contributed by atoms with Gasteiger partial charge in [0.2, 0.25) is 0 Å². The summed E-state index contributed by atoms with van der Waals surface area (Å²) in [6.07, 6.45) is 0. The molecule has 1 atom stereocenters. The lowest BCUT2D eigenvalue weighted by Gasteiger charge is -2.20. The molecule has 2 aromatic rings. The Morgan fingerprint density at radius 1 is 1.05 bits per heavy atom. The molecule has 0 saturated heterocycles. The third-order valence-electron chi connectivity index (χ3n) is 3.21. The monoisotopic (exact) mass is 311 g/mol. The summed E-state index contributed by atoms with van der Waals surface area (Å²) < 4.78 is 13.3. The largest absolute Gasteiger partial charge is 0.307 e. The molecule has 0 amide bonds. The highest BCUT2D eigenvalue weighted by Gasteiger charge is 2.15. The minimum Gasteiger partial charge on any atom is -0.307 e. The molecule has 0 heterocycles. The maximum atomic E-state index is 13.3. The van der Waals surface area contributed by atoms with Gasteiger partial charge in [-0.05, 0) is 48.4 Å². The highest BCUT2D eigenvalue weighted by atomic mass is 35.5. The van der Waals surface area contributed by atoms with E-state index in [9.17, 15) is 4.39 Å². The standard InChI is InChI=1S/C16H16Cl2FN/c1-3-20-16(11-5-4-10(2)13(17)8-11)12-6-7-15(19)14(18)9-12/h4-9,16,20H,3H2,1-2H3. The number of rotatable bonds is 4. The molecule has 0 spiro atoms. The van der Waals surface area contributed by atoms with E-state index in [4.69, 9.17) is 23.2 Å². The zero-order valence-corrected chi connectivity index (χ0v) is 12.9. The SMILES string of the molecule is CCNC(c1ccc(C)c(Cl)c1)c1ccc(F)c(Cl)c1. The highest BCUT2D eigenvalue weighted by Crippen LogP contribution is 2.28. The smallest absolute Gasteiger partial charge is 0.141 e. The van der Waals surface area contributed by atoms with Crippen molar-refractivity contribution in [1.29, 1.82) is 0 Å². The Hall–Kier alpha value is -1.09. The Morgan fingerprint density at radius 2 is 1.65 bits per heavy atom. The summed E-state index contributed by atoms with van der Waals surface area (Å²) in [7, 11) is 0. The summed E-state index contributed by atoms with van der Waals surface area (Å²) in [5.74, 6) is -0.410. The molecule has 0 aliphatic carbocycles. The molecular formula is C16H16Cl2FN. The van der Waals surface area contributed by atoms with Gasteiger partial charge in [-0.1, -0.05) is 48.3 Å². The molecule has 0 fully saturated rings. The highest BCUT2D eigenvalue weighted by molar-refractivity contribution is 6.31. The van der Waals surface area contributed by atoms with Crippen molar-refractivity contribution in [3.8, 4) is 0 Å². The second-order valence-corrected chi connectivity index (χ2v) is 5.49. The normalized spacial score (nSPS) is 12.4. The van der Waals surface area contributed by atoms with E-state index < -0.39 is 5.82 Å². The summed E-state index contributed by atoms with van der Waals surface area (Å²) in [6.45, 7) is 4.77. The molecule has 2 aromatic carbocycles. The Balaban J connectivity index is 2.44. The third-order valence-corrected chi connectivity index (χ3v) is 3.91. The van der Waals surface area contributed by atoms with Gasteiger partial charge in [-0.3, -0.25) is 0 Å². The first-order chi connectivity index (χ1) is 9.52. The van der Waals surface area contributed by atoms with E-state index in [0.717, 1.165) is 28.3 Å². The molecule has 0 aromatic heterocycles. The fourth-order valence-electron chi connectivity index (χ4n) is 2.11. The van der Waals surface area contributed by atoms with Gasteiger partial charge in [-0.25, -0.2) is 4.39 Å². The second-order valence-electron chi connectivity index (χ2n) is 4.67. The second kappa shape index (κ2) is 6.57. The van der Waals surface area contributed by atoms with Crippen LogP contribution in [0.1, 0.15) is 29.7 Å². The minimum absolute atomic E-state index is 0.0591. The van der Waals surface area contributed by atoms with Crippen LogP contribution in [-0.2, 0) is 0 Å². The minimum atomic E-state index is -0.410. The van der Waals surface area contributed by atoms with Gasteiger partial charge in [0.25, 0.3) is 0 Å². The molecule has 0 saturated carbocycles. The van der Waals surface area contributed by atoms with Gasteiger partial charge in [0.15, 0.2) is 0 Å². The predicted octanol–water partition coefficient (Wildman–Crippen LogP) is 5.14. The molecule has 20 heavy (non-hydrogen) atoms. The van der Waals surface area contributed by atoms with Crippen LogP contribution in [0.15, 0.2) is 36.4 Å². The first-order valence-corrected chi connectivity index (χ1v) is 7.23. The van der Waals surface area contributed by atoms with Crippen molar-refractivity contribution in [2.24, 2.45) is 0 Å². The fraction of sp³-hybridized carbons (Fsp3) is 0.250. The summed E-state index contributed by atoms with van der Waals surface area (Å²) in [4.78, 5) is 0. The number of aryl methyl sites for hydroxylation is 1. The van der Waals surface area contributed by atoms with Crippen LogP contribution in [0.25, 0.3) is 0 Å². The van der Waals surface area contributed by atoms with Crippen LogP contribution >= 0.6 is 23.2 Å². The zero-order chi connectivity index (χ0) is 14.7. The van der Waals surface area contributed by atoms with Crippen LogP contribution in [0.2, 0.25) is 10.0 Å². The average molecular weight is 312 g/mol. The van der Waals surface area contributed by atoms with E-state index in [1.807, 2.05) is 32.0 Å². The molecule has 4 heteroatoms. The average Bonchev–Trinajstić information content (AvgIpc) is 2.43. The quantitative estimate of drug-likeness (QED) is 0.824. The summed E-state index contributed by atoms with van der Waals surface area (Å²) in [6, 6.07) is 10.6. The summed E-state index contributed by atoms with van der Waals surface area (Å²) >= 11 is 12.1. The van der Waals surface area contributed by atoms with Crippen molar-refractivity contribution in [3.63, 3.8) is 0 Å². The van der Waals surface area contributed by atoms with Crippen LogP contribution in [-0.4, -0.2) is 6.54 Å². The Labute approximate surface area is 128 Å². The lowest BCUT2D eigenvalue weighted by molar-refractivity contribution is 0.614. The lowest BCUT2D eigenvalue weighted by atomic mass is 9.97. The Morgan fingerprint density at radius 3 is 2.20 bits per heavy atom. The van der Waals surface area contributed by atoms with E-state index >= 15 is 0 Å². The van der Waals surface area contributed by atoms with Crippen molar-refractivity contribution in [2.75, 3.05) is 6.54 Å². The first kappa shape index (κ1) is 15.3. The van der Waals surface area contributed by atoms with Gasteiger partial charge in [0.05, 0.1) is 11.1 Å². The number of hydrogen-bond acceptors (Lipinski definition) is 1. The van der Waals surface area contributed by atoms with Crippen molar-refractivity contribution < 1.29 is 4.39 Å². The molecule has 0 aliphatic heterocycles. The van der Waals surface area contributed by atoms with Crippen molar-refractivity contribution in [3.05, 3.63) is 69.0 Å². The molecule has 0 aliphatic rings. The van der Waals surface area contributed by atoms with Gasteiger partial charge in [0.1, 0.15) is 5.82 Å². The maximum absolute atomic E-state index is 13.3. The summed E-state index contributed by atoms with van der Waals surface area (Å²) in [5.41, 5.74) is 2.98. The number of nitrogens with one attached hydrogen (secondary N) is 1. The molecule has 106 valence electrons.